The molecule has 5 heteroatoms. The summed E-state index contributed by atoms with van der Waals surface area (Å²) in [5, 5.41) is 20.1. The Morgan fingerprint density at radius 1 is 1.64 bits per heavy atom. The van der Waals surface area contributed by atoms with Crippen LogP contribution in [0.3, 0.4) is 0 Å². The maximum absolute atomic E-state index is 11.6. The molecule has 0 aromatic heterocycles. The van der Waals surface area contributed by atoms with Crippen LogP contribution in [0.15, 0.2) is 0 Å². The third-order valence-corrected chi connectivity index (χ3v) is 2.49. The Morgan fingerprint density at radius 2 is 2.21 bits per heavy atom. The number of aliphatic hydroxyl groups is 2. The Kier molecular flexibility index (Phi) is 5.68. The van der Waals surface area contributed by atoms with Crippen molar-refractivity contribution in [2.45, 2.75) is 26.4 Å². The van der Waals surface area contributed by atoms with Gasteiger partial charge in [-0.05, 0) is 13.3 Å². The Morgan fingerprint density at radius 3 is 2.57 bits per heavy atom. The van der Waals surface area contributed by atoms with E-state index in [1.807, 2.05) is 6.92 Å². The first-order valence-electron chi connectivity index (χ1n) is 4.77. The lowest BCUT2D eigenvalue weighted by Gasteiger charge is -2.25. The fraction of sp³-hybridized carbons (Fsp3) is 0.889. The van der Waals surface area contributed by atoms with Gasteiger partial charge in [0.05, 0.1) is 18.1 Å². The topological polar surface area (TPSA) is 95.6 Å². The molecule has 2 atom stereocenters. The molecular weight excluding hydrogens is 184 g/mol. The van der Waals surface area contributed by atoms with Gasteiger partial charge in [-0.1, -0.05) is 6.92 Å². The number of carbonyl (C=O) groups excluding carboxylic acids is 1. The lowest BCUT2D eigenvalue weighted by Crippen LogP contribution is -2.46. The van der Waals surface area contributed by atoms with Crippen LogP contribution in [-0.2, 0) is 4.79 Å². The average Bonchev–Trinajstić information content (AvgIpc) is 2.23. The molecule has 0 saturated carbocycles. The number of rotatable bonds is 6. The number of hydrogen-bond donors (Lipinski definition) is 4. The SMILES string of the molecule is CCC(C)(CN)C(=O)NCC(O)CO. The molecule has 5 nitrogen and oxygen atoms in total. The van der Waals surface area contributed by atoms with Crippen LogP contribution in [0.1, 0.15) is 20.3 Å². The van der Waals surface area contributed by atoms with Gasteiger partial charge in [0.1, 0.15) is 0 Å². The maximum Gasteiger partial charge on any atom is 0.227 e. The normalized spacial score (nSPS) is 17.2. The molecule has 14 heavy (non-hydrogen) atoms. The highest BCUT2D eigenvalue weighted by Gasteiger charge is 2.29. The molecule has 84 valence electrons. The van der Waals surface area contributed by atoms with Gasteiger partial charge >= 0.3 is 0 Å². The molecule has 0 aliphatic carbocycles. The average molecular weight is 204 g/mol. The Hall–Kier alpha value is -0.650. The van der Waals surface area contributed by atoms with Crippen LogP contribution in [0.5, 0.6) is 0 Å². The molecule has 0 aromatic carbocycles. The van der Waals surface area contributed by atoms with Gasteiger partial charge < -0.3 is 21.3 Å². The molecule has 0 fully saturated rings. The second-order valence-corrected chi connectivity index (χ2v) is 3.66. The summed E-state index contributed by atoms with van der Waals surface area (Å²) in [6.45, 7) is 3.63. The smallest absolute Gasteiger partial charge is 0.227 e. The highest BCUT2D eigenvalue weighted by Crippen LogP contribution is 2.18. The third kappa shape index (κ3) is 3.61. The van der Waals surface area contributed by atoms with E-state index in [1.54, 1.807) is 6.92 Å². The molecule has 0 bridgehead atoms. The van der Waals surface area contributed by atoms with Crippen molar-refractivity contribution in [3.63, 3.8) is 0 Å². The summed E-state index contributed by atoms with van der Waals surface area (Å²) >= 11 is 0. The van der Waals surface area contributed by atoms with E-state index in [0.29, 0.717) is 6.42 Å². The van der Waals surface area contributed by atoms with Crippen LogP contribution in [-0.4, -0.2) is 41.9 Å². The van der Waals surface area contributed by atoms with Crippen molar-refractivity contribution in [3.8, 4) is 0 Å². The van der Waals surface area contributed by atoms with E-state index in [1.165, 1.54) is 0 Å². The van der Waals surface area contributed by atoms with Gasteiger partial charge in [-0.15, -0.1) is 0 Å². The Bertz CT molecular complexity index is 181. The molecular formula is C9H20N2O3. The Labute approximate surface area is 84.3 Å². The van der Waals surface area contributed by atoms with Crippen molar-refractivity contribution in [3.05, 3.63) is 0 Å². The summed E-state index contributed by atoms with van der Waals surface area (Å²) in [7, 11) is 0. The largest absolute Gasteiger partial charge is 0.394 e. The second-order valence-electron chi connectivity index (χ2n) is 3.66. The van der Waals surface area contributed by atoms with E-state index in [0.717, 1.165) is 0 Å². The van der Waals surface area contributed by atoms with Gasteiger partial charge in [0, 0.05) is 13.1 Å². The van der Waals surface area contributed by atoms with Crippen LogP contribution in [0.4, 0.5) is 0 Å². The molecule has 5 N–H and O–H groups in total. The van der Waals surface area contributed by atoms with Crippen LogP contribution in [0.25, 0.3) is 0 Å². The van der Waals surface area contributed by atoms with E-state index in [-0.39, 0.29) is 25.6 Å². The summed E-state index contributed by atoms with van der Waals surface area (Å²) in [5.74, 6) is -0.185. The summed E-state index contributed by atoms with van der Waals surface area (Å²) in [5.41, 5.74) is 4.90. The fourth-order valence-corrected chi connectivity index (χ4v) is 0.886. The minimum absolute atomic E-state index is 0.0604. The van der Waals surface area contributed by atoms with E-state index in [9.17, 15) is 4.79 Å². The van der Waals surface area contributed by atoms with Crippen molar-refractivity contribution in [2.75, 3.05) is 19.7 Å². The van der Waals surface area contributed by atoms with Crippen molar-refractivity contribution in [1.29, 1.82) is 0 Å². The zero-order valence-electron chi connectivity index (χ0n) is 8.79. The van der Waals surface area contributed by atoms with E-state index < -0.39 is 11.5 Å². The summed E-state index contributed by atoms with van der Waals surface area (Å²) in [6, 6.07) is 0. The molecule has 0 radical (unpaired) electrons. The highest BCUT2D eigenvalue weighted by atomic mass is 16.3. The molecule has 0 aromatic rings. The summed E-state index contributed by atoms with van der Waals surface area (Å²) in [4.78, 5) is 11.6. The molecule has 0 rings (SSSR count). The van der Waals surface area contributed by atoms with Gasteiger partial charge in [0.15, 0.2) is 0 Å². The fourth-order valence-electron chi connectivity index (χ4n) is 0.886. The zero-order chi connectivity index (χ0) is 11.2. The van der Waals surface area contributed by atoms with E-state index >= 15 is 0 Å². The molecule has 0 aliphatic rings. The predicted molar refractivity (Wildman–Crippen MR) is 53.6 cm³/mol. The molecule has 2 unspecified atom stereocenters. The molecule has 0 aliphatic heterocycles. The van der Waals surface area contributed by atoms with Crippen LogP contribution in [0.2, 0.25) is 0 Å². The monoisotopic (exact) mass is 204 g/mol. The highest BCUT2D eigenvalue weighted by molar-refractivity contribution is 5.82. The predicted octanol–water partition coefficient (Wildman–Crippen LogP) is -1.17. The van der Waals surface area contributed by atoms with Gasteiger partial charge in [-0.25, -0.2) is 0 Å². The minimum Gasteiger partial charge on any atom is -0.394 e. The first-order valence-corrected chi connectivity index (χ1v) is 4.77. The maximum atomic E-state index is 11.6. The quantitative estimate of drug-likeness (QED) is 0.438. The van der Waals surface area contributed by atoms with Crippen LogP contribution >= 0.6 is 0 Å². The molecule has 1 amide bonds. The molecule has 0 saturated heterocycles. The first-order chi connectivity index (χ1) is 6.50. The standard InChI is InChI=1S/C9H20N2O3/c1-3-9(2,6-10)8(14)11-4-7(13)5-12/h7,12-13H,3-6,10H2,1-2H3,(H,11,14). The number of nitrogens with one attached hydrogen (secondary N) is 1. The lowest BCUT2D eigenvalue weighted by molar-refractivity contribution is -0.130. The van der Waals surface area contributed by atoms with E-state index in [2.05, 4.69) is 5.32 Å². The zero-order valence-corrected chi connectivity index (χ0v) is 8.79. The van der Waals surface area contributed by atoms with Crippen molar-refractivity contribution < 1.29 is 15.0 Å². The first kappa shape index (κ1) is 13.4. The summed E-state index contributed by atoms with van der Waals surface area (Å²) in [6.07, 6.45) is -0.261. The van der Waals surface area contributed by atoms with Crippen LogP contribution in [0, 0.1) is 5.41 Å². The van der Waals surface area contributed by atoms with E-state index in [4.69, 9.17) is 15.9 Å². The lowest BCUT2D eigenvalue weighted by atomic mass is 9.86. The van der Waals surface area contributed by atoms with Gasteiger partial charge in [-0.3, -0.25) is 4.79 Å². The van der Waals surface area contributed by atoms with Crippen LogP contribution < -0.4 is 11.1 Å². The van der Waals surface area contributed by atoms with Crippen molar-refractivity contribution in [2.24, 2.45) is 11.1 Å². The number of hydrogen-bond acceptors (Lipinski definition) is 4. The second kappa shape index (κ2) is 5.95. The summed E-state index contributed by atoms with van der Waals surface area (Å²) < 4.78 is 0. The van der Waals surface area contributed by atoms with Crippen molar-refractivity contribution >= 4 is 5.91 Å². The minimum atomic E-state index is -0.905. The number of carbonyl (C=O) groups is 1. The third-order valence-electron chi connectivity index (χ3n) is 2.49. The molecule has 0 spiro atoms. The number of aliphatic hydroxyl groups excluding tert-OH is 2. The van der Waals surface area contributed by atoms with Gasteiger partial charge in [0.2, 0.25) is 5.91 Å². The number of nitrogens with two attached hydrogens (primary N) is 1. The number of amides is 1. The van der Waals surface area contributed by atoms with Gasteiger partial charge in [-0.2, -0.15) is 0 Å². The molecule has 0 heterocycles. The Balaban J connectivity index is 4.06. The van der Waals surface area contributed by atoms with Gasteiger partial charge in [0.25, 0.3) is 0 Å². The van der Waals surface area contributed by atoms with Crippen molar-refractivity contribution in [1.82, 2.24) is 5.32 Å².